The number of nitriles is 1. The number of halogens is 1. The Kier molecular flexibility index (Phi) is 4.48. The minimum absolute atomic E-state index is 0.132. The summed E-state index contributed by atoms with van der Waals surface area (Å²) in [5.74, 6) is -0.348. The van der Waals surface area contributed by atoms with Gasteiger partial charge in [0.1, 0.15) is 6.54 Å². The van der Waals surface area contributed by atoms with Crippen molar-refractivity contribution in [3.63, 3.8) is 0 Å². The molecule has 1 aromatic heterocycles. The molecule has 1 aromatic rings. The highest BCUT2D eigenvalue weighted by Crippen LogP contribution is 1.93. The molecule has 7 heteroatoms. The molecular weight excluding hydrogens is 232 g/mol. The van der Waals surface area contributed by atoms with E-state index in [2.05, 4.69) is 10.3 Å². The van der Waals surface area contributed by atoms with E-state index in [0.29, 0.717) is 0 Å². The van der Waals surface area contributed by atoms with Crippen molar-refractivity contribution in [2.75, 3.05) is 6.54 Å². The van der Waals surface area contributed by atoms with Crippen molar-refractivity contribution in [2.24, 2.45) is 0 Å². The molecule has 0 aliphatic carbocycles. The molecule has 0 saturated carbocycles. The SMILES string of the molecule is N#CCCNC(=O)Cn1ccnc(Cl)c1=O. The van der Waals surface area contributed by atoms with Crippen molar-refractivity contribution in [1.29, 1.82) is 5.26 Å². The lowest BCUT2D eigenvalue weighted by molar-refractivity contribution is -0.121. The van der Waals surface area contributed by atoms with Crippen LogP contribution < -0.4 is 10.9 Å². The summed E-state index contributed by atoms with van der Waals surface area (Å²) >= 11 is 5.50. The molecule has 84 valence electrons. The van der Waals surface area contributed by atoms with Gasteiger partial charge in [0.15, 0.2) is 5.15 Å². The van der Waals surface area contributed by atoms with Crippen LogP contribution in [0.2, 0.25) is 5.15 Å². The highest BCUT2D eigenvalue weighted by molar-refractivity contribution is 6.29. The lowest BCUT2D eigenvalue weighted by Gasteiger charge is -2.05. The summed E-state index contributed by atoms with van der Waals surface area (Å²) in [6.45, 7) is 0.134. The van der Waals surface area contributed by atoms with E-state index in [1.807, 2.05) is 6.07 Å². The molecule has 6 nitrogen and oxygen atoms in total. The van der Waals surface area contributed by atoms with Gasteiger partial charge in [-0.1, -0.05) is 11.6 Å². The highest BCUT2D eigenvalue weighted by Gasteiger charge is 2.06. The maximum Gasteiger partial charge on any atom is 0.288 e. The van der Waals surface area contributed by atoms with E-state index >= 15 is 0 Å². The average molecular weight is 241 g/mol. The Balaban J connectivity index is 2.61. The van der Waals surface area contributed by atoms with E-state index in [9.17, 15) is 9.59 Å². The first kappa shape index (κ1) is 12.2. The van der Waals surface area contributed by atoms with Crippen LogP contribution in [0.1, 0.15) is 6.42 Å². The van der Waals surface area contributed by atoms with Crippen molar-refractivity contribution in [3.05, 3.63) is 27.9 Å². The molecule has 0 bridgehead atoms. The summed E-state index contributed by atoms with van der Waals surface area (Å²) < 4.78 is 1.15. The Morgan fingerprint density at radius 3 is 3.12 bits per heavy atom. The molecule has 0 spiro atoms. The van der Waals surface area contributed by atoms with Crippen LogP contribution in [0.25, 0.3) is 0 Å². The number of rotatable bonds is 4. The Labute approximate surface area is 96.5 Å². The van der Waals surface area contributed by atoms with Crippen LogP contribution in [0, 0.1) is 11.3 Å². The van der Waals surface area contributed by atoms with Gasteiger partial charge in [0, 0.05) is 18.9 Å². The molecular formula is C9H9ClN4O2. The summed E-state index contributed by atoms with van der Waals surface area (Å²) in [5, 5.41) is 10.6. The van der Waals surface area contributed by atoms with Crippen LogP contribution in [-0.4, -0.2) is 22.0 Å². The van der Waals surface area contributed by atoms with E-state index in [1.165, 1.54) is 12.4 Å². The molecule has 0 radical (unpaired) electrons. The van der Waals surface area contributed by atoms with E-state index in [1.54, 1.807) is 0 Å². The molecule has 0 fully saturated rings. The first-order chi connectivity index (χ1) is 7.65. The molecule has 1 heterocycles. The summed E-state index contributed by atoms with van der Waals surface area (Å²) in [6.07, 6.45) is 2.95. The first-order valence-electron chi connectivity index (χ1n) is 4.49. The predicted octanol–water partition coefficient (Wildman–Crippen LogP) is -0.0734. The van der Waals surface area contributed by atoms with Gasteiger partial charge in [0.2, 0.25) is 5.91 Å². The molecule has 1 N–H and O–H groups in total. The summed E-state index contributed by atoms with van der Waals surface area (Å²) in [7, 11) is 0. The van der Waals surface area contributed by atoms with Crippen LogP contribution in [0.3, 0.4) is 0 Å². The van der Waals surface area contributed by atoms with Crippen molar-refractivity contribution in [2.45, 2.75) is 13.0 Å². The van der Waals surface area contributed by atoms with Gasteiger partial charge >= 0.3 is 0 Å². The van der Waals surface area contributed by atoms with E-state index in [0.717, 1.165) is 4.57 Å². The van der Waals surface area contributed by atoms with Crippen LogP contribution in [0.15, 0.2) is 17.2 Å². The molecule has 0 aliphatic rings. The third kappa shape index (κ3) is 3.37. The zero-order valence-electron chi connectivity index (χ0n) is 8.31. The summed E-state index contributed by atoms with van der Waals surface area (Å²) in [6, 6.07) is 1.89. The second-order valence-electron chi connectivity index (χ2n) is 2.91. The number of hydrogen-bond donors (Lipinski definition) is 1. The van der Waals surface area contributed by atoms with E-state index < -0.39 is 5.56 Å². The van der Waals surface area contributed by atoms with Gasteiger partial charge in [0.05, 0.1) is 12.5 Å². The quantitative estimate of drug-likeness (QED) is 0.746. The normalized spacial score (nSPS) is 9.50. The smallest absolute Gasteiger partial charge is 0.288 e. The minimum Gasteiger partial charge on any atom is -0.354 e. The molecule has 0 atom stereocenters. The fourth-order valence-electron chi connectivity index (χ4n) is 1.01. The van der Waals surface area contributed by atoms with Crippen molar-refractivity contribution < 1.29 is 4.79 Å². The molecule has 0 aromatic carbocycles. The highest BCUT2D eigenvalue weighted by atomic mass is 35.5. The Bertz CT molecular complexity index is 477. The Morgan fingerprint density at radius 2 is 2.44 bits per heavy atom. The first-order valence-corrected chi connectivity index (χ1v) is 4.87. The van der Waals surface area contributed by atoms with Gasteiger partial charge in [0.25, 0.3) is 5.56 Å². The monoisotopic (exact) mass is 240 g/mol. The Morgan fingerprint density at radius 1 is 1.69 bits per heavy atom. The predicted molar refractivity (Wildman–Crippen MR) is 56.7 cm³/mol. The van der Waals surface area contributed by atoms with Gasteiger partial charge in [-0.15, -0.1) is 0 Å². The number of hydrogen-bond acceptors (Lipinski definition) is 4. The number of nitrogens with zero attached hydrogens (tertiary/aromatic N) is 3. The number of amides is 1. The molecule has 1 amide bonds. The van der Waals surface area contributed by atoms with Crippen LogP contribution in [0.4, 0.5) is 0 Å². The molecule has 0 unspecified atom stereocenters. The summed E-state index contributed by atoms with van der Waals surface area (Å²) in [5.41, 5.74) is -0.514. The second-order valence-corrected chi connectivity index (χ2v) is 3.27. The van der Waals surface area contributed by atoms with Crippen LogP contribution in [0.5, 0.6) is 0 Å². The lowest BCUT2D eigenvalue weighted by atomic mass is 10.4. The maximum atomic E-state index is 11.4. The molecule has 16 heavy (non-hydrogen) atoms. The topological polar surface area (TPSA) is 87.8 Å². The number of carbonyl (C=O) groups excluding carboxylic acids is 1. The Hall–Kier alpha value is -1.87. The number of carbonyl (C=O) groups is 1. The fraction of sp³-hybridized carbons (Fsp3) is 0.333. The molecule has 0 aliphatic heterocycles. The molecule has 1 rings (SSSR count). The second kappa shape index (κ2) is 5.88. The average Bonchev–Trinajstić information content (AvgIpc) is 2.25. The zero-order chi connectivity index (χ0) is 12.0. The standard InChI is InChI=1S/C9H9ClN4O2/c10-8-9(16)14(5-4-13-8)6-7(15)12-3-1-2-11/h4-5H,1,3,6H2,(H,12,15). The van der Waals surface area contributed by atoms with Gasteiger partial charge in [-0.25, -0.2) is 4.98 Å². The van der Waals surface area contributed by atoms with Crippen LogP contribution >= 0.6 is 11.6 Å². The van der Waals surface area contributed by atoms with Gasteiger partial charge in [-0.2, -0.15) is 5.26 Å². The maximum absolute atomic E-state index is 11.4. The minimum atomic E-state index is -0.514. The van der Waals surface area contributed by atoms with Gasteiger partial charge < -0.3 is 9.88 Å². The van der Waals surface area contributed by atoms with Crippen molar-refractivity contribution >= 4 is 17.5 Å². The summed E-state index contributed by atoms with van der Waals surface area (Å²) in [4.78, 5) is 26.3. The largest absolute Gasteiger partial charge is 0.354 e. The number of nitrogens with one attached hydrogen (secondary N) is 1. The third-order valence-electron chi connectivity index (χ3n) is 1.74. The van der Waals surface area contributed by atoms with Crippen molar-refractivity contribution in [1.82, 2.24) is 14.9 Å². The van der Waals surface area contributed by atoms with E-state index in [-0.39, 0.29) is 30.6 Å². The van der Waals surface area contributed by atoms with Crippen LogP contribution in [-0.2, 0) is 11.3 Å². The molecule has 0 saturated heterocycles. The van der Waals surface area contributed by atoms with Gasteiger partial charge in [-0.3, -0.25) is 9.59 Å². The fourth-order valence-corrected chi connectivity index (χ4v) is 1.18. The zero-order valence-corrected chi connectivity index (χ0v) is 9.07. The van der Waals surface area contributed by atoms with Crippen molar-refractivity contribution in [3.8, 4) is 6.07 Å². The van der Waals surface area contributed by atoms with E-state index in [4.69, 9.17) is 16.9 Å². The van der Waals surface area contributed by atoms with Gasteiger partial charge in [-0.05, 0) is 0 Å². The third-order valence-corrected chi connectivity index (χ3v) is 2.00. The number of aromatic nitrogens is 2. The lowest BCUT2D eigenvalue weighted by Crippen LogP contribution is -2.32.